The molecule has 1 atom stereocenters. The van der Waals surface area contributed by atoms with Gasteiger partial charge in [0.1, 0.15) is 6.61 Å². The molecule has 0 amide bonds. The second-order valence-corrected chi connectivity index (χ2v) is 6.09. The van der Waals surface area contributed by atoms with Crippen LogP contribution in [0.15, 0.2) is 48.5 Å². The largest absolute Gasteiger partial charge is 0.464 e. The molecular formula is C19H19NO2. The van der Waals surface area contributed by atoms with Crippen LogP contribution in [0.5, 0.6) is 0 Å². The highest BCUT2D eigenvalue weighted by Crippen LogP contribution is 2.55. The molecule has 0 aromatic heterocycles. The number of esters is 1. The zero-order valence-corrected chi connectivity index (χ0v) is 12.4. The van der Waals surface area contributed by atoms with E-state index in [0.29, 0.717) is 19.1 Å². The molecule has 3 aliphatic carbocycles. The van der Waals surface area contributed by atoms with Crippen molar-refractivity contribution in [3.8, 4) is 0 Å². The highest BCUT2D eigenvalue weighted by molar-refractivity contribution is 5.77. The first-order chi connectivity index (χ1) is 10.8. The minimum Gasteiger partial charge on any atom is -0.464 e. The second-order valence-electron chi connectivity index (χ2n) is 6.09. The number of rotatable bonds is 3. The Morgan fingerprint density at radius 1 is 1.00 bits per heavy atom. The lowest BCUT2D eigenvalue weighted by Gasteiger charge is -2.44. The fourth-order valence-corrected chi connectivity index (χ4v) is 4.13. The van der Waals surface area contributed by atoms with Crippen LogP contribution < -0.4 is 5.73 Å². The Bertz CT molecular complexity index is 677. The van der Waals surface area contributed by atoms with E-state index >= 15 is 0 Å². The molecule has 0 saturated carbocycles. The Labute approximate surface area is 130 Å². The van der Waals surface area contributed by atoms with Gasteiger partial charge in [-0.25, -0.2) is 0 Å². The van der Waals surface area contributed by atoms with Crippen LogP contribution in [0.1, 0.15) is 40.5 Å². The molecule has 3 aliphatic rings. The summed E-state index contributed by atoms with van der Waals surface area (Å²) in [6, 6.07) is 17.0. The van der Waals surface area contributed by atoms with Crippen LogP contribution in [0.2, 0.25) is 0 Å². The van der Waals surface area contributed by atoms with Crippen molar-refractivity contribution in [1.82, 2.24) is 0 Å². The summed E-state index contributed by atoms with van der Waals surface area (Å²) in [5.74, 6) is 0.210. The lowest BCUT2D eigenvalue weighted by atomic mass is 9.59. The van der Waals surface area contributed by atoms with E-state index < -0.39 is 0 Å². The lowest BCUT2D eigenvalue weighted by Crippen LogP contribution is -2.37. The molecule has 0 fully saturated rings. The van der Waals surface area contributed by atoms with Crippen LogP contribution in [-0.4, -0.2) is 19.1 Å². The van der Waals surface area contributed by atoms with Gasteiger partial charge in [-0.1, -0.05) is 48.5 Å². The van der Waals surface area contributed by atoms with Gasteiger partial charge in [-0.05, 0) is 28.7 Å². The van der Waals surface area contributed by atoms with E-state index in [-0.39, 0.29) is 17.8 Å². The maximum atomic E-state index is 12.5. The molecule has 0 spiro atoms. The van der Waals surface area contributed by atoms with Gasteiger partial charge < -0.3 is 10.5 Å². The summed E-state index contributed by atoms with van der Waals surface area (Å²) < 4.78 is 5.35. The monoisotopic (exact) mass is 293 g/mol. The number of carbonyl (C=O) groups is 1. The molecule has 112 valence electrons. The number of hydrogen-bond acceptors (Lipinski definition) is 3. The van der Waals surface area contributed by atoms with Crippen LogP contribution >= 0.6 is 0 Å². The number of ether oxygens (including phenoxy) is 1. The van der Waals surface area contributed by atoms with Gasteiger partial charge in [0.15, 0.2) is 0 Å². The molecule has 0 heterocycles. The van der Waals surface area contributed by atoms with E-state index in [9.17, 15) is 4.79 Å². The lowest BCUT2D eigenvalue weighted by molar-refractivity contribution is -0.149. The second kappa shape index (κ2) is 5.25. The molecule has 0 aliphatic heterocycles. The minimum absolute atomic E-state index is 0.0960. The van der Waals surface area contributed by atoms with Gasteiger partial charge in [0, 0.05) is 18.4 Å². The van der Waals surface area contributed by atoms with Crippen LogP contribution in [0, 0.1) is 5.92 Å². The van der Waals surface area contributed by atoms with Crippen molar-refractivity contribution < 1.29 is 9.53 Å². The Morgan fingerprint density at radius 3 is 2.09 bits per heavy atom. The Balaban J connectivity index is 1.81. The predicted molar refractivity (Wildman–Crippen MR) is 84.7 cm³/mol. The van der Waals surface area contributed by atoms with Gasteiger partial charge >= 0.3 is 5.97 Å². The van der Waals surface area contributed by atoms with Gasteiger partial charge in [0.25, 0.3) is 0 Å². The fourth-order valence-electron chi connectivity index (χ4n) is 4.13. The number of benzene rings is 2. The quantitative estimate of drug-likeness (QED) is 0.885. The topological polar surface area (TPSA) is 52.3 Å². The van der Waals surface area contributed by atoms with E-state index in [1.165, 1.54) is 22.3 Å². The summed E-state index contributed by atoms with van der Waals surface area (Å²) in [6.45, 7) is 0.676. The van der Waals surface area contributed by atoms with E-state index in [2.05, 4.69) is 48.5 Å². The molecular weight excluding hydrogens is 274 g/mol. The van der Waals surface area contributed by atoms with Crippen molar-refractivity contribution >= 4 is 5.97 Å². The maximum absolute atomic E-state index is 12.5. The van der Waals surface area contributed by atoms with Crippen molar-refractivity contribution in [1.29, 1.82) is 0 Å². The maximum Gasteiger partial charge on any atom is 0.309 e. The molecule has 2 N–H and O–H groups in total. The summed E-state index contributed by atoms with van der Waals surface area (Å²) in [7, 11) is 0. The van der Waals surface area contributed by atoms with Gasteiger partial charge in [0.2, 0.25) is 0 Å². The zero-order chi connectivity index (χ0) is 15.1. The molecule has 2 bridgehead atoms. The van der Waals surface area contributed by atoms with Crippen molar-refractivity contribution in [2.24, 2.45) is 11.7 Å². The third kappa shape index (κ3) is 1.89. The average Bonchev–Trinajstić information content (AvgIpc) is 2.59. The zero-order valence-electron chi connectivity index (χ0n) is 12.4. The van der Waals surface area contributed by atoms with Gasteiger partial charge in [-0.15, -0.1) is 0 Å². The average molecular weight is 293 g/mol. The van der Waals surface area contributed by atoms with Crippen molar-refractivity contribution in [3.63, 3.8) is 0 Å². The summed E-state index contributed by atoms with van der Waals surface area (Å²) in [5.41, 5.74) is 10.8. The number of hydrogen-bond donors (Lipinski definition) is 1. The predicted octanol–water partition coefficient (Wildman–Crippen LogP) is 2.79. The molecule has 22 heavy (non-hydrogen) atoms. The van der Waals surface area contributed by atoms with Crippen molar-refractivity contribution in [2.75, 3.05) is 13.2 Å². The molecule has 0 radical (unpaired) electrons. The molecule has 0 saturated heterocycles. The summed E-state index contributed by atoms with van der Waals surface area (Å²) >= 11 is 0. The highest BCUT2D eigenvalue weighted by atomic mass is 16.5. The van der Waals surface area contributed by atoms with Crippen LogP contribution in [0.25, 0.3) is 0 Å². The standard InChI is InChI=1S/C19H19NO2/c20-9-10-22-19(21)17-11-16-12-5-1-3-7-14(12)18(17)15-8-4-2-6-13(15)16/h1-8,16-18H,9-11,20H2. The minimum atomic E-state index is -0.107. The summed E-state index contributed by atoms with van der Waals surface area (Å²) in [4.78, 5) is 12.5. The van der Waals surface area contributed by atoms with E-state index in [4.69, 9.17) is 10.5 Å². The van der Waals surface area contributed by atoms with Gasteiger partial charge in [-0.3, -0.25) is 4.79 Å². The molecule has 3 nitrogen and oxygen atoms in total. The van der Waals surface area contributed by atoms with Gasteiger partial charge in [0.05, 0.1) is 5.92 Å². The number of nitrogens with two attached hydrogens (primary N) is 1. The van der Waals surface area contributed by atoms with E-state index in [0.717, 1.165) is 6.42 Å². The first-order valence-corrected chi connectivity index (χ1v) is 7.85. The number of fused-ring (bicyclic) bond motifs is 1. The smallest absolute Gasteiger partial charge is 0.309 e. The SMILES string of the molecule is NCCOC(=O)C1CC2c3ccccc3C1c1ccccc12. The van der Waals surface area contributed by atoms with Gasteiger partial charge in [-0.2, -0.15) is 0 Å². The first kappa shape index (κ1) is 13.5. The van der Waals surface area contributed by atoms with Crippen molar-refractivity contribution in [3.05, 3.63) is 70.8 Å². The Hall–Kier alpha value is -2.13. The van der Waals surface area contributed by atoms with Crippen LogP contribution in [0.4, 0.5) is 0 Å². The fraction of sp³-hybridized carbons (Fsp3) is 0.316. The molecule has 2 aromatic rings. The third-order valence-corrected chi connectivity index (χ3v) is 4.97. The molecule has 3 heteroatoms. The summed E-state index contributed by atoms with van der Waals surface area (Å²) in [6.07, 6.45) is 0.835. The van der Waals surface area contributed by atoms with E-state index in [1.54, 1.807) is 0 Å². The molecule has 1 unspecified atom stereocenters. The van der Waals surface area contributed by atoms with E-state index in [1.807, 2.05) is 0 Å². The Morgan fingerprint density at radius 2 is 1.55 bits per heavy atom. The first-order valence-electron chi connectivity index (χ1n) is 7.85. The van der Waals surface area contributed by atoms with Crippen LogP contribution in [-0.2, 0) is 9.53 Å². The Kier molecular flexibility index (Phi) is 3.23. The third-order valence-electron chi connectivity index (χ3n) is 4.97. The molecule has 2 aromatic carbocycles. The highest BCUT2D eigenvalue weighted by Gasteiger charge is 2.46. The van der Waals surface area contributed by atoms with Crippen molar-refractivity contribution in [2.45, 2.75) is 18.3 Å². The normalized spacial score (nSPS) is 24.5. The van der Waals surface area contributed by atoms with Crippen LogP contribution in [0.3, 0.4) is 0 Å². The number of carbonyl (C=O) groups excluding carboxylic acids is 1. The molecule has 5 rings (SSSR count). The summed E-state index contributed by atoms with van der Waals surface area (Å²) in [5, 5.41) is 0.